The monoisotopic (exact) mass is 371 g/mol. The summed E-state index contributed by atoms with van der Waals surface area (Å²) in [6, 6.07) is 24.4. The molecule has 0 saturated heterocycles. The first kappa shape index (κ1) is 17.9. The molecule has 1 unspecified atom stereocenters. The molecule has 0 aliphatic heterocycles. The summed E-state index contributed by atoms with van der Waals surface area (Å²) in [5.74, 6) is 0.578. The molecule has 1 atom stereocenters. The topological polar surface area (TPSA) is 86.7 Å². The Kier molecular flexibility index (Phi) is 5.12. The molecule has 0 aliphatic carbocycles. The molecule has 4 rings (SSSR count). The largest absolute Gasteiger partial charge is 0.389 e. The zero-order valence-corrected chi connectivity index (χ0v) is 15.5. The summed E-state index contributed by atoms with van der Waals surface area (Å²) < 4.78 is 0. The van der Waals surface area contributed by atoms with Crippen LogP contribution in [0.5, 0.6) is 0 Å². The second-order valence-corrected chi connectivity index (χ2v) is 6.66. The molecule has 0 amide bonds. The van der Waals surface area contributed by atoms with E-state index in [4.69, 9.17) is 0 Å². The van der Waals surface area contributed by atoms with Crippen molar-refractivity contribution in [3.8, 4) is 22.5 Å². The number of hydrogen-bond donors (Lipinski definition) is 3. The average molecular weight is 371 g/mol. The van der Waals surface area contributed by atoms with Crippen LogP contribution >= 0.6 is 0 Å². The molecule has 28 heavy (non-hydrogen) atoms. The maximum absolute atomic E-state index is 9.63. The normalized spacial score (nSPS) is 11.9. The molecule has 3 aromatic carbocycles. The van der Waals surface area contributed by atoms with Gasteiger partial charge in [-0.2, -0.15) is 5.21 Å². The number of anilines is 1. The third-order valence-electron chi connectivity index (χ3n) is 4.64. The fourth-order valence-electron chi connectivity index (χ4n) is 3.03. The highest BCUT2D eigenvalue weighted by molar-refractivity contribution is 5.64. The first-order chi connectivity index (χ1) is 13.7. The lowest BCUT2D eigenvalue weighted by Gasteiger charge is -2.09. The summed E-state index contributed by atoms with van der Waals surface area (Å²) in [6.45, 7) is 2.49. The number of tetrazole rings is 1. The van der Waals surface area contributed by atoms with Gasteiger partial charge in [0.25, 0.3) is 0 Å². The van der Waals surface area contributed by atoms with Crippen molar-refractivity contribution in [1.29, 1.82) is 0 Å². The molecule has 0 spiro atoms. The fourth-order valence-corrected chi connectivity index (χ4v) is 3.03. The third-order valence-corrected chi connectivity index (χ3v) is 4.64. The lowest BCUT2D eigenvalue weighted by Crippen LogP contribution is -1.99. The molecular weight excluding hydrogens is 350 g/mol. The standard InChI is InChI=1S/C22H21N5O/c1-15(28)17-9-11-19(12-10-17)18-7-5-16(6-8-18)14-23-21-4-2-3-20(13-21)22-24-26-27-25-22/h2-13,15,23,28H,14H2,1H3,(H,24,25,26,27). The van der Waals surface area contributed by atoms with Gasteiger partial charge >= 0.3 is 0 Å². The predicted octanol–water partition coefficient (Wildman–Crippen LogP) is 4.20. The second kappa shape index (κ2) is 8.02. The van der Waals surface area contributed by atoms with Crippen LogP contribution in [0, 0.1) is 0 Å². The van der Waals surface area contributed by atoms with Crippen molar-refractivity contribution in [2.45, 2.75) is 19.6 Å². The summed E-state index contributed by atoms with van der Waals surface area (Å²) >= 11 is 0. The van der Waals surface area contributed by atoms with E-state index in [2.05, 4.69) is 50.2 Å². The number of benzene rings is 3. The van der Waals surface area contributed by atoms with E-state index in [0.717, 1.165) is 34.5 Å². The van der Waals surface area contributed by atoms with Crippen LogP contribution in [0.1, 0.15) is 24.2 Å². The van der Waals surface area contributed by atoms with Crippen molar-refractivity contribution < 1.29 is 5.11 Å². The van der Waals surface area contributed by atoms with Gasteiger partial charge in [-0.15, -0.1) is 10.2 Å². The molecule has 0 radical (unpaired) electrons. The van der Waals surface area contributed by atoms with Gasteiger partial charge in [-0.25, -0.2) is 0 Å². The molecule has 3 N–H and O–H groups in total. The zero-order chi connectivity index (χ0) is 19.3. The maximum Gasteiger partial charge on any atom is 0.204 e. The first-order valence-electron chi connectivity index (χ1n) is 9.14. The number of nitrogens with one attached hydrogen (secondary N) is 2. The van der Waals surface area contributed by atoms with E-state index in [1.807, 2.05) is 48.5 Å². The minimum absolute atomic E-state index is 0.443. The molecule has 0 aliphatic rings. The van der Waals surface area contributed by atoms with Crippen LogP contribution in [0.2, 0.25) is 0 Å². The van der Waals surface area contributed by atoms with Gasteiger partial charge in [0, 0.05) is 17.8 Å². The van der Waals surface area contributed by atoms with Crippen LogP contribution in [0.4, 0.5) is 5.69 Å². The van der Waals surface area contributed by atoms with Crippen molar-refractivity contribution in [3.63, 3.8) is 0 Å². The SMILES string of the molecule is CC(O)c1ccc(-c2ccc(CNc3cccc(-c4nn[nH]n4)c3)cc2)cc1. The van der Waals surface area contributed by atoms with E-state index in [1.54, 1.807) is 6.92 Å². The second-order valence-electron chi connectivity index (χ2n) is 6.66. The van der Waals surface area contributed by atoms with Gasteiger partial charge in [0.15, 0.2) is 0 Å². The van der Waals surface area contributed by atoms with Crippen LogP contribution in [0.25, 0.3) is 22.5 Å². The highest BCUT2D eigenvalue weighted by Crippen LogP contribution is 2.23. The van der Waals surface area contributed by atoms with Crippen molar-refractivity contribution >= 4 is 5.69 Å². The van der Waals surface area contributed by atoms with Crippen LogP contribution in [0.15, 0.2) is 72.8 Å². The smallest absolute Gasteiger partial charge is 0.204 e. The number of aromatic nitrogens is 4. The van der Waals surface area contributed by atoms with E-state index >= 15 is 0 Å². The van der Waals surface area contributed by atoms with Gasteiger partial charge in [-0.05, 0) is 46.5 Å². The summed E-state index contributed by atoms with van der Waals surface area (Å²) in [6.07, 6.45) is -0.443. The summed E-state index contributed by atoms with van der Waals surface area (Å²) in [7, 11) is 0. The highest BCUT2D eigenvalue weighted by Gasteiger charge is 2.05. The van der Waals surface area contributed by atoms with Gasteiger partial charge in [0.05, 0.1) is 6.10 Å². The lowest BCUT2D eigenvalue weighted by atomic mass is 10.0. The third kappa shape index (κ3) is 4.07. The van der Waals surface area contributed by atoms with Crippen molar-refractivity contribution in [2.75, 3.05) is 5.32 Å². The van der Waals surface area contributed by atoms with E-state index in [1.165, 1.54) is 5.56 Å². The minimum Gasteiger partial charge on any atom is -0.389 e. The summed E-state index contributed by atoms with van der Waals surface area (Å²) in [4.78, 5) is 0. The number of rotatable bonds is 6. The van der Waals surface area contributed by atoms with Crippen LogP contribution < -0.4 is 5.32 Å². The number of hydrogen-bond acceptors (Lipinski definition) is 5. The Morgan fingerprint density at radius 1 is 0.929 bits per heavy atom. The Balaban J connectivity index is 1.42. The maximum atomic E-state index is 9.63. The summed E-state index contributed by atoms with van der Waals surface area (Å²) in [5.41, 5.74) is 6.31. The number of aliphatic hydroxyl groups is 1. The van der Waals surface area contributed by atoms with Crippen molar-refractivity contribution in [1.82, 2.24) is 20.6 Å². The van der Waals surface area contributed by atoms with Gasteiger partial charge in [-0.1, -0.05) is 60.7 Å². The molecular formula is C22H21N5O. The Labute approximate surface area is 163 Å². The van der Waals surface area contributed by atoms with E-state index < -0.39 is 6.10 Å². The molecule has 6 heteroatoms. The molecule has 4 aromatic rings. The molecule has 0 fully saturated rings. The molecule has 6 nitrogen and oxygen atoms in total. The Morgan fingerprint density at radius 3 is 2.29 bits per heavy atom. The highest BCUT2D eigenvalue weighted by atomic mass is 16.3. The van der Waals surface area contributed by atoms with Gasteiger partial charge < -0.3 is 10.4 Å². The van der Waals surface area contributed by atoms with Gasteiger partial charge in [0.1, 0.15) is 0 Å². The number of aliphatic hydroxyl groups excluding tert-OH is 1. The number of H-pyrrole nitrogens is 1. The van der Waals surface area contributed by atoms with E-state index in [9.17, 15) is 5.11 Å². The molecule has 1 heterocycles. The molecule has 0 bridgehead atoms. The molecule has 140 valence electrons. The van der Waals surface area contributed by atoms with Crippen molar-refractivity contribution in [3.05, 3.63) is 83.9 Å². The fraction of sp³-hybridized carbons (Fsp3) is 0.136. The lowest BCUT2D eigenvalue weighted by molar-refractivity contribution is 0.199. The van der Waals surface area contributed by atoms with Crippen molar-refractivity contribution in [2.24, 2.45) is 0 Å². The number of nitrogens with zero attached hydrogens (tertiary/aromatic N) is 3. The summed E-state index contributed by atoms with van der Waals surface area (Å²) in [5, 5.41) is 27.1. The first-order valence-corrected chi connectivity index (χ1v) is 9.14. The Bertz CT molecular complexity index is 1030. The van der Waals surface area contributed by atoms with Gasteiger partial charge in [-0.3, -0.25) is 0 Å². The van der Waals surface area contributed by atoms with Crippen LogP contribution in [-0.2, 0) is 6.54 Å². The van der Waals surface area contributed by atoms with Gasteiger partial charge in [0.2, 0.25) is 5.82 Å². The molecule has 0 saturated carbocycles. The number of aromatic amines is 1. The van der Waals surface area contributed by atoms with E-state index in [0.29, 0.717) is 5.82 Å². The minimum atomic E-state index is -0.443. The predicted molar refractivity (Wildman–Crippen MR) is 109 cm³/mol. The molecule has 1 aromatic heterocycles. The van der Waals surface area contributed by atoms with Crippen LogP contribution in [-0.4, -0.2) is 25.7 Å². The quantitative estimate of drug-likeness (QED) is 0.473. The zero-order valence-electron chi connectivity index (χ0n) is 15.5. The van der Waals surface area contributed by atoms with Crippen LogP contribution in [0.3, 0.4) is 0 Å². The average Bonchev–Trinajstić information content (AvgIpc) is 3.28. The van der Waals surface area contributed by atoms with E-state index in [-0.39, 0.29) is 0 Å². The Hall–Kier alpha value is -3.51. The Morgan fingerprint density at radius 2 is 1.64 bits per heavy atom.